The molecule has 8 rings (SSSR count). The molecule has 0 unspecified atom stereocenters. The zero-order chi connectivity index (χ0) is 55.3. The molecular weight excluding hydrogens is 1140 g/mol. The fourth-order valence-corrected chi connectivity index (χ4v) is 14.7. The van der Waals surface area contributed by atoms with E-state index in [1.54, 1.807) is 111 Å². The summed E-state index contributed by atoms with van der Waals surface area (Å²) >= 11 is 26.2. The van der Waals surface area contributed by atoms with Gasteiger partial charge in [0.2, 0.25) is 11.8 Å². The minimum Gasteiger partial charge on any atom is -0.384 e. The molecule has 404 valence electrons. The van der Waals surface area contributed by atoms with Crippen LogP contribution in [0.25, 0.3) is 22.3 Å². The van der Waals surface area contributed by atoms with E-state index in [1.807, 2.05) is 0 Å². The lowest BCUT2D eigenvalue weighted by Crippen LogP contribution is -2.24. The third-order valence-electron chi connectivity index (χ3n) is 12.8. The Morgan fingerprint density at radius 3 is 1.00 bits per heavy atom. The number of halogens is 4. The van der Waals surface area contributed by atoms with Gasteiger partial charge in [0.1, 0.15) is 0 Å². The van der Waals surface area contributed by atoms with Crippen LogP contribution in [0.2, 0.25) is 20.1 Å². The molecule has 2 N–H and O–H groups in total. The first-order valence-corrected chi connectivity index (χ1v) is 31.8. The molecule has 0 radical (unpaired) electrons. The van der Waals surface area contributed by atoms with E-state index in [1.165, 1.54) is 38.5 Å². The van der Waals surface area contributed by atoms with Gasteiger partial charge in [0.15, 0.2) is 39.3 Å². The summed E-state index contributed by atoms with van der Waals surface area (Å²) in [5, 5.41) is 6.13. The number of anilines is 2. The fourth-order valence-electron chi connectivity index (χ4n) is 8.19. The third kappa shape index (κ3) is 13.7. The van der Waals surface area contributed by atoms with Gasteiger partial charge in [0, 0.05) is 36.7 Å². The average Bonchev–Trinajstić information content (AvgIpc) is 4.32. The van der Waals surface area contributed by atoms with Crippen molar-refractivity contribution in [3.8, 4) is 22.3 Å². The van der Waals surface area contributed by atoms with Gasteiger partial charge in [-0.2, -0.15) is 0 Å². The minimum absolute atomic E-state index is 0.0183. The summed E-state index contributed by atoms with van der Waals surface area (Å²) in [5.74, 6) is -2.22. The highest BCUT2D eigenvalue weighted by atomic mass is 35.5. The van der Waals surface area contributed by atoms with Crippen molar-refractivity contribution in [3.63, 3.8) is 0 Å². The minimum atomic E-state index is -3.36. The summed E-state index contributed by atoms with van der Waals surface area (Å²) in [6.45, 7) is 3.28. The van der Waals surface area contributed by atoms with Crippen molar-refractivity contribution in [3.05, 3.63) is 153 Å². The van der Waals surface area contributed by atoms with Crippen LogP contribution in [0.3, 0.4) is 0 Å². The summed E-state index contributed by atoms with van der Waals surface area (Å²) in [6, 6.07) is 31.4. The van der Waals surface area contributed by atoms with Gasteiger partial charge in [-0.25, -0.2) is 33.7 Å². The quantitative estimate of drug-likeness (QED) is 0.0731. The van der Waals surface area contributed by atoms with Gasteiger partial charge >= 0.3 is 0 Å². The molecule has 0 heterocycles. The molecule has 0 aromatic heterocycles. The highest BCUT2D eigenvalue weighted by Gasteiger charge is 2.38. The van der Waals surface area contributed by atoms with Crippen LogP contribution in [-0.2, 0) is 58.4 Å². The number of carbonyl (C=O) groups is 2. The van der Waals surface area contributed by atoms with Crippen LogP contribution < -0.4 is 10.6 Å². The molecule has 0 bridgehead atoms. The summed E-state index contributed by atoms with van der Waals surface area (Å²) < 4.78 is 109. The van der Waals surface area contributed by atoms with E-state index >= 15 is 0 Å². The highest BCUT2D eigenvalue weighted by molar-refractivity contribution is 7.93. The number of carbonyl (C=O) groups excluding carboxylic acids is 2. The molecule has 2 aliphatic carbocycles. The van der Waals surface area contributed by atoms with E-state index in [0.717, 1.165) is 0 Å². The Balaban J connectivity index is 0.000000221. The first-order valence-electron chi connectivity index (χ1n) is 23.9. The van der Waals surface area contributed by atoms with Gasteiger partial charge in [-0.3, -0.25) is 9.59 Å². The van der Waals surface area contributed by atoms with Crippen LogP contribution in [-0.4, -0.2) is 94.9 Å². The summed E-state index contributed by atoms with van der Waals surface area (Å²) in [6.07, 6.45) is 2.75. The lowest BCUT2D eigenvalue weighted by molar-refractivity contribution is -0.119. The van der Waals surface area contributed by atoms with Crippen LogP contribution in [0, 0.1) is 0 Å². The molecule has 2 saturated carbocycles. The average molecular weight is 1190 g/mol. The summed E-state index contributed by atoms with van der Waals surface area (Å²) in [7, 11) is -10.4. The molecule has 2 amide bonds. The molecular formula is C54H54Cl4N2O12S4. The van der Waals surface area contributed by atoms with Crippen molar-refractivity contribution < 1.29 is 52.7 Å². The number of amides is 2. The molecule has 6 aromatic carbocycles. The van der Waals surface area contributed by atoms with Crippen LogP contribution in [0.15, 0.2) is 141 Å². The Bertz CT molecular complexity index is 3290. The van der Waals surface area contributed by atoms with E-state index in [-0.39, 0.29) is 86.7 Å². The summed E-state index contributed by atoms with van der Waals surface area (Å²) in [4.78, 5) is 27.2. The van der Waals surface area contributed by atoms with E-state index in [9.17, 15) is 43.3 Å². The Hall–Kier alpha value is -4.86. The van der Waals surface area contributed by atoms with Crippen molar-refractivity contribution in [1.29, 1.82) is 0 Å². The number of hydrogen-bond acceptors (Lipinski definition) is 12. The number of hydrogen-bond donors (Lipinski definition) is 2. The first kappa shape index (κ1) is 58.8. The predicted molar refractivity (Wildman–Crippen MR) is 299 cm³/mol. The Morgan fingerprint density at radius 1 is 0.474 bits per heavy atom. The van der Waals surface area contributed by atoms with E-state index in [0.29, 0.717) is 70.4 Å². The van der Waals surface area contributed by atoms with E-state index in [2.05, 4.69) is 10.6 Å². The number of methoxy groups -OCH3 is 2. The van der Waals surface area contributed by atoms with Gasteiger partial charge in [-0.05, 0) is 121 Å². The van der Waals surface area contributed by atoms with Crippen LogP contribution in [0.5, 0.6) is 0 Å². The van der Waals surface area contributed by atoms with Gasteiger partial charge in [0.25, 0.3) is 0 Å². The predicted octanol–water partition coefficient (Wildman–Crippen LogP) is 11.5. The number of benzene rings is 6. The largest absolute Gasteiger partial charge is 0.384 e. The Morgan fingerprint density at radius 2 is 0.750 bits per heavy atom. The lowest BCUT2D eigenvalue weighted by atomic mass is 9.99. The second-order valence-electron chi connectivity index (χ2n) is 18.1. The number of rotatable bonds is 20. The molecule has 2 atom stereocenters. The van der Waals surface area contributed by atoms with Crippen molar-refractivity contribution >= 4 is 109 Å². The molecule has 2 aliphatic rings. The zero-order valence-corrected chi connectivity index (χ0v) is 47.8. The van der Waals surface area contributed by atoms with Crippen molar-refractivity contribution in [2.75, 3.05) is 49.6 Å². The molecule has 0 aliphatic heterocycles. The fraction of sp³-hybridized carbons (Fsp3) is 0.296. The first-order chi connectivity index (χ1) is 35.9. The maximum absolute atomic E-state index is 13.2. The van der Waals surface area contributed by atoms with Crippen LogP contribution >= 0.6 is 46.4 Å². The van der Waals surface area contributed by atoms with Crippen molar-refractivity contribution in [2.24, 2.45) is 0 Å². The topological polar surface area (TPSA) is 213 Å². The summed E-state index contributed by atoms with van der Waals surface area (Å²) in [5.41, 5.74) is 4.24. The monoisotopic (exact) mass is 1190 g/mol. The van der Waals surface area contributed by atoms with E-state index in [4.69, 9.17) is 55.9 Å². The van der Waals surface area contributed by atoms with Crippen molar-refractivity contribution in [1.82, 2.24) is 0 Å². The molecule has 0 spiro atoms. The van der Waals surface area contributed by atoms with Gasteiger partial charge in [0.05, 0.1) is 86.7 Å². The second kappa shape index (κ2) is 24.4. The molecule has 22 heteroatoms. The molecule has 14 nitrogen and oxygen atoms in total. The highest BCUT2D eigenvalue weighted by Crippen LogP contribution is 2.41. The van der Waals surface area contributed by atoms with E-state index < -0.39 is 51.2 Å². The van der Waals surface area contributed by atoms with Crippen LogP contribution in [0.4, 0.5) is 11.4 Å². The SMILES string of the molecule is CCS(=O)(=O)c1ccc([C@@H](COC)C(=O)Nc2cc(Cl)c(-c3ccc(S(=O)(=O)C4CC4)cc3)c(Cl)c2)cc1.CCS(=O)(=O)c1ccc([C@H](COC)C(=O)Nc2cc(Cl)c(-c3ccc(S(=O)(=O)C4CC4)cc3)c(Cl)c2)cc1. The number of ether oxygens (including phenoxy) is 2. The van der Waals surface area contributed by atoms with Gasteiger partial charge in [-0.15, -0.1) is 0 Å². The smallest absolute Gasteiger partial charge is 0.234 e. The van der Waals surface area contributed by atoms with Gasteiger partial charge in [-0.1, -0.05) is 109 Å². The second-order valence-corrected chi connectivity index (χ2v) is 28.7. The number of sulfone groups is 4. The molecule has 6 aromatic rings. The molecule has 0 saturated heterocycles. The Kier molecular flexibility index (Phi) is 18.9. The standard InChI is InChI=1S/2C27H27Cl2NO6S2/c2*1-3-37(32,33)20-8-4-17(5-9-20)23(16-36-2)27(31)30-19-14-24(28)26(25(29)15-19)18-6-10-21(11-7-18)38(34,35)22-12-13-22/h2*4-11,14-15,22-23H,3,12-13,16H2,1-2H3,(H,30,31)/t2*23-/m10/s1. The lowest BCUT2D eigenvalue weighted by Gasteiger charge is -2.18. The zero-order valence-electron chi connectivity index (χ0n) is 41.6. The third-order valence-corrected chi connectivity index (χ3v) is 22.1. The molecule has 76 heavy (non-hydrogen) atoms. The van der Waals surface area contributed by atoms with Gasteiger partial charge < -0.3 is 20.1 Å². The Labute approximate surface area is 464 Å². The number of nitrogens with one attached hydrogen (secondary N) is 2. The normalized spacial score (nSPS) is 14.7. The van der Waals surface area contributed by atoms with Crippen LogP contribution in [0.1, 0.15) is 62.5 Å². The van der Waals surface area contributed by atoms with Crippen molar-refractivity contribution in [2.45, 2.75) is 81.4 Å². The maximum Gasteiger partial charge on any atom is 0.234 e. The maximum atomic E-state index is 13.2. The molecule has 2 fully saturated rings.